The summed E-state index contributed by atoms with van der Waals surface area (Å²) < 4.78 is 31.2. The van der Waals surface area contributed by atoms with E-state index in [1.165, 1.54) is 12.1 Å². The largest absolute Gasteiger partial charge is 0.332 e. The predicted octanol–water partition coefficient (Wildman–Crippen LogP) is 2.77. The van der Waals surface area contributed by atoms with E-state index in [4.69, 9.17) is 11.7 Å². The molecule has 2 aromatic heterocycles. The van der Waals surface area contributed by atoms with Gasteiger partial charge in [-0.1, -0.05) is 36.4 Å². The lowest BCUT2D eigenvalue weighted by Gasteiger charge is -2.18. The number of pyridine rings is 1. The van der Waals surface area contributed by atoms with Crippen molar-refractivity contribution >= 4 is 27.6 Å². The number of rotatable bonds is 4. The van der Waals surface area contributed by atoms with E-state index in [0.717, 1.165) is 27.5 Å². The molecule has 4 aromatic rings. The topological polar surface area (TPSA) is 107 Å². The van der Waals surface area contributed by atoms with Gasteiger partial charge in [-0.15, -0.1) is 0 Å². The van der Waals surface area contributed by atoms with Crippen LogP contribution in [0, 0.1) is 6.92 Å². The Kier molecular flexibility index (Phi) is 4.59. The van der Waals surface area contributed by atoms with Gasteiger partial charge in [-0.05, 0) is 24.6 Å². The van der Waals surface area contributed by atoms with Gasteiger partial charge >= 0.3 is 5.92 Å². The zero-order valence-electron chi connectivity index (χ0n) is 15.6. The van der Waals surface area contributed by atoms with Gasteiger partial charge in [0.1, 0.15) is 0 Å². The van der Waals surface area contributed by atoms with Gasteiger partial charge in [-0.25, -0.2) is 5.84 Å². The molecule has 0 bridgehead atoms. The van der Waals surface area contributed by atoms with Crippen LogP contribution >= 0.6 is 0 Å². The Morgan fingerprint density at radius 1 is 1.21 bits per heavy atom. The van der Waals surface area contributed by atoms with Crippen LogP contribution in [0.2, 0.25) is 0 Å². The molecule has 0 unspecified atom stereocenters. The van der Waals surface area contributed by atoms with E-state index < -0.39 is 11.8 Å². The number of para-hydroxylation sites is 1. The van der Waals surface area contributed by atoms with E-state index >= 15 is 0 Å². The maximum atomic E-state index is 14.7. The lowest BCUT2D eigenvalue weighted by atomic mass is 10.0. The number of nitrogens with zero attached hydrogens (tertiary/aromatic N) is 4. The Morgan fingerprint density at radius 3 is 2.76 bits per heavy atom. The first-order chi connectivity index (χ1) is 14.0. The van der Waals surface area contributed by atoms with Crippen molar-refractivity contribution in [3.05, 3.63) is 71.5 Å². The highest BCUT2D eigenvalue weighted by molar-refractivity contribution is 5.91. The SMILES string of the molecule is Cc1nn(Cc2cccc3cccnc23)c2cc(C(F)(F)/C(=N/N)NN)ccc12. The van der Waals surface area contributed by atoms with Crippen molar-refractivity contribution in [1.29, 1.82) is 0 Å². The normalized spacial score (nSPS) is 12.6. The molecule has 148 valence electrons. The predicted molar refractivity (Wildman–Crippen MR) is 108 cm³/mol. The van der Waals surface area contributed by atoms with Gasteiger partial charge in [0.2, 0.25) is 5.84 Å². The number of nitrogens with two attached hydrogens (primary N) is 2. The second-order valence-electron chi connectivity index (χ2n) is 6.66. The second kappa shape index (κ2) is 7.10. The van der Waals surface area contributed by atoms with Crippen molar-refractivity contribution in [3.8, 4) is 0 Å². The van der Waals surface area contributed by atoms with Gasteiger partial charge in [0, 0.05) is 22.5 Å². The quantitative estimate of drug-likeness (QED) is 0.213. The van der Waals surface area contributed by atoms with Gasteiger partial charge in [0.05, 0.1) is 23.3 Å². The molecule has 0 aliphatic rings. The fourth-order valence-corrected chi connectivity index (χ4v) is 3.46. The molecule has 2 aromatic carbocycles. The molecule has 0 radical (unpaired) electrons. The zero-order chi connectivity index (χ0) is 20.6. The van der Waals surface area contributed by atoms with E-state index in [9.17, 15) is 8.78 Å². The molecule has 29 heavy (non-hydrogen) atoms. The molecule has 2 heterocycles. The average Bonchev–Trinajstić information content (AvgIpc) is 3.04. The number of hydrogen-bond donors (Lipinski definition) is 3. The molecule has 0 amide bonds. The summed E-state index contributed by atoms with van der Waals surface area (Å²) in [5.74, 6) is 5.90. The Labute approximate surface area is 165 Å². The summed E-state index contributed by atoms with van der Waals surface area (Å²) in [5.41, 5.74) is 4.68. The summed E-state index contributed by atoms with van der Waals surface area (Å²) >= 11 is 0. The Balaban J connectivity index is 1.83. The van der Waals surface area contributed by atoms with Crippen LogP contribution < -0.4 is 17.1 Å². The maximum absolute atomic E-state index is 14.7. The monoisotopic (exact) mass is 395 g/mol. The first-order valence-corrected chi connectivity index (χ1v) is 8.88. The van der Waals surface area contributed by atoms with Crippen molar-refractivity contribution in [2.24, 2.45) is 16.8 Å². The molecule has 9 heteroatoms. The number of amidine groups is 1. The molecular weight excluding hydrogens is 376 g/mol. The number of hydrogen-bond acceptors (Lipinski definition) is 5. The lowest BCUT2D eigenvalue weighted by molar-refractivity contribution is 0.0714. The molecule has 4 rings (SSSR count). The summed E-state index contributed by atoms with van der Waals surface area (Å²) in [6, 6.07) is 14.0. The molecule has 0 atom stereocenters. The minimum atomic E-state index is -3.47. The summed E-state index contributed by atoms with van der Waals surface area (Å²) in [7, 11) is 0. The number of hydrazone groups is 1. The number of halogens is 2. The van der Waals surface area contributed by atoms with Gasteiger partial charge < -0.3 is 11.3 Å². The first-order valence-electron chi connectivity index (χ1n) is 8.88. The molecule has 7 nitrogen and oxygen atoms in total. The van der Waals surface area contributed by atoms with Crippen molar-refractivity contribution in [2.45, 2.75) is 19.4 Å². The summed E-state index contributed by atoms with van der Waals surface area (Å²) in [5, 5.41) is 9.40. The third-order valence-electron chi connectivity index (χ3n) is 4.90. The number of fused-ring (bicyclic) bond motifs is 2. The Morgan fingerprint density at radius 2 is 2.00 bits per heavy atom. The minimum Gasteiger partial charge on any atom is -0.321 e. The van der Waals surface area contributed by atoms with Crippen LogP contribution in [0.3, 0.4) is 0 Å². The number of hydrazine groups is 1. The van der Waals surface area contributed by atoms with Crippen LogP contribution in [0.4, 0.5) is 8.78 Å². The average molecular weight is 395 g/mol. The van der Waals surface area contributed by atoms with Gasteiger partial charge in [0.25, 0.3) is 0 Å². The van der Waals surface area contributed by atoms with Crippen LogP contribution in [-0.4, -0.2) is 20.6 Å². The van der Waals surface area contributed by atoms with Crippen molar-refractivity contribution in [2.75, 3.05) is 0 Å². The van der Waals surface area contributed by atoms with Crippen LogP contribution in [-0.2, 0) is 12.5 Å². The van der Waals surface area contributed by atoms with E-state index in [0.29, 0.717) is 12.1 Å². The van der Waals surface area contributed by atoms with Crippen LogP contribution in [0.25, 0.3) is 21.8 Å². The lowest BCUT2D eigenvalue weighted by Crippen LogP contribution is -2.43. The van der Waals surface area contributed by atoms with Crippen molar-refractivity contribution in [3.63, 3.8) is 0 Å². The number of nitrogens with one attached hydrogen (secondary N) is 1. The molecule has 0 aliphatic heterocycles. The van der Waals surface area contributed by atoms with Crippen LogP contribution in [0.15, 0.2) is 59.8 Å². The maximum Gasteiger partial charge on any atom is 0.332 e. The smallest absolute Gasteiger partial charge is 0.321 e. The van der Waals surface area contributed by atoms with Crippen molar-refractivity contribution in [1.82, 2.24) is 20.2 Å². The highest BCUT2D eigenvalue weighted by Crippen LogP contribution is 2.32. The molecule has 0 spiro atoms. The van der Waals surface area contributed by atoms with E-state index in [1.807, 2.05) is 42.7 Å². The molecule has 0 saturated carbocycles. The van der Waals surface area contributed by atoms with Gasteiger partial charge in [0.15, 0.2) is 0 Å². The second-order valence-corrected chi connectivity index (χ2v) is 6.66. The zero-order valence-corrected chi connectivity index (χ0v) is 15.6. The highest BCUT2D eigenvalue weighted by Gasteiger charge is 2.39. The van der Waals surface area contributed by atoms with Gasteiger partial charge in [-0.3, -0.25) is 9.67 Å². The van der Waals surface area contributed by atoms with Crippen LogP contribution in [0.5, 0.6) is 0 Å². The number of aryl methyl sites for hydroxylation is 1. The third-order valence-corrected chi connectivity index (χ3v) is 4.90. The molecule has 0 fully saturated rings. The summed E-state index contributed by atoms with van der Waals surface area (Å²) in [6.07, 6.45) is 1.73. The highest BCUT2D eigenvalue weighted by atomic mass is 19.3. The van der Waals surface area contributed by atoms with Crippen LogP contribution in [0.1, 0.15) is 16.8 Å². The van der Waals surface area contributed by atoms with Gasteiger partial charge in [-0.2, -0.15) is 19.0 Å². The first kappa shape index (κ1) is 18.8. The minimum absolute atomic E-state index is 0.288. The fourth-order valence-electron chi connectivity index (χ4n) is 3.46. The van der Waals surface area contributed by atoms with E-state index in [2.05, 4.69) is 15.2 Å². The van der Waals surface area contributed by atoms with E-state index in [1.54, 1.807) is 16.9 Å². The number of alkyl halides is 2. The number of aromatic nitrogens is 3. The summed E-state index contributed by atoms with van der Waals surface area (Å²) in [6.45, 7) is 2.23. The molecule has 5 N–H and O–H groups in total. The summed E-state index contributed by atoms with van der Waals surface area (Å²) in [4.78, 5) is 4.45. The number of benzene rings is 2. The third kappa shape index (κ3) is 3.15. The molecule has 0 aliphatic carbocycles. The van der Waals surface area contributed by atoms with Crippen molar-refractivity contribution < 1.29 is 8.78 Å². The standard InChI is InChI=1S/C20H19F2N7/c1-12-16-8-7-15(20(21,22)19(26-23)27-24)10-17(16)29(28-12)11-14-5-2-4-13-6-3-9-25-18(13)14/h2-10H,11,23-24H2,1H3,(H,26,27). The Hall–Kier alpha value is -3.59. The van der Waals surface area contributed by atoms with E-state index in [-0.39, 0.29) is 5.56 Å². The fraction of sp³-hybridized carbons (Fsp3) is 0.150. The Bertz CT molecular complexity index is 1220. The molecule has 0 saturated heterocycles. The molecular formula is C20H19F2N7.